The van der Waals surface area contributed by atoms with Crippen LogP contribution in [-0.2, 0) is 0 Å². The van der Waals surface area contributed by atoms with Crippen molar-refractivity contribution in [3.8, 4) is 17.6 Å². The first-order chi connectivity index (χ1) is 12.8. The van der Waals surface area contributed by atoms with E-state index >= 15 is 0 Å². The van der Waals surface area contributed by atoms with Gasteiger partial charge >= 0.3 is 0 Å². The van der Waals surface area contributed by atoms with Gasteiger partial charge in [-0.2, -0.15) is 0 Å². The Morgan fingerprint density at radius 1 is 1.04 bits per heavy atom. The second-order valence-corrected chi connectivity index (χ2v) is 6.10. The Morgan fingerprint density at radius 3 is 2.73 bits per heavy atom. The van der Waals surface area contributed by atoms with Gasteiger partial charge in [0.05, 0.1) is 7.11 Å². The third kappa shape index (κ3) is 4.53. The standard InChI is InChI=1S/C24H23NO/c1-19(23-16-9-13-21-12-5-6-15-24(21)23)25-17-7-3-4-10-20-11-8-14-22(18-20)26-2/h3,5-9,11-16,18-19,25H,17H2,1-2H3/t19-/m1/s1. The highest BCUT2D eigenvalue weighted by Crippen LogP contribution is 2.23. The quantitative estimate of drug-likeness (QED) is 0.651. The van der Waals surface area contributed by atoms with Gasteiger partial charge in [-0.05, 0) is 47.5 Å². The number of hydrogen-bond acceptors (Lipinski definition) is 2. The van der Waals surface area contributed by atoms with Crippen LogP contribution in [0.25, 0.3) is 10.8 Å². The monoisotopic (exact) mass is 341 g/mol. The van der Waals surface area contributed by atoms with Gasteiger partial charge in [-0.1, -0.05) is 66.4 Å². The molecule has 0 aliphatic rings. The molecule has 0 aliphatic carbocycles. The molecule has 0 bridgehead atoms. The van der Waals surface area contributed by atoms with Crippen LogP contribution in [0.5, 0.6) is 5.75 Å². The lowest BCUT2D eigenvalue weighted by molar-refractivity contribution is 0.414. The number of rotatable bonds is 5. The number of benzene rings is 3. The van der Waals surface area contributed by atoms with Crippen LogP contribution < -0.4 is 10.1 Å². The lowest BCUT2D eigenvalue weighted by Crippen LogP contribution is -2.18. The van der Waals surface area contributed by atoms with Gasteiger partial charge in [0, 0.05) is 18.2 Å². The van der Waals surface area contributed by atoms with Gasteiger partial charge in [0.15, 0.2) is 0 Å². The highest BCUT2D eigenvalue weighted by atomic mass is 16.5. The second-order valence-electron chi connectivity index (χ2n) is 6.10. The van der Waals surface area contributed by atoms with Gasteiger partial charge in [0.1, 0.15) is 5.75 Å². The van der Waals surface area contributed by atoms with E-state index in [-0.39, 0.29) is 6.04 Å². The summed E-state index contributed by atoms with van der Waals surface area (Å²) in [6.45, 7) is 2.97. The predicted octanol–water partition coefficient (Wildman–Crippen LogP) is 5.11. The molecule has 130 valence electrons. The topological polar surface area (TPSA) is 21.3 Å². The highest BCUT2D eigenvalue weighted by Gasteiger charge is 2.07. The molecule has 0 saturated heterocycles. The fourth-order valence-electron chi connectivity index (χ4n) is 2.93. The van der Waals surface area contributed by atoms with E-state index in [2.05, 4.69) is 72.6 Å². The molecule has 0 heterocycles. The highest BCUT2D eigenvalue weighted by molar-refractivity contribution is 5.86. The lowest BCUT2D eigenvalue weighted by Gasteiger charge is -2.15. The van der Waals surface area contributed by atoms with Gasteiger partial charge in [-0.15, -0.1) is 0 Å². The van der Waals surface area contributed by atoms with E-state index in [0.29, 0.717) is 0 Å². The molecule has 3 aromatic rings. The molecule has 0 fully saturated rings. The Bertz CT molecular complexity index is 957. The molecule has 0 aliphatic heterocycles. The number of allylic oxidation sites excluding steroid dienone is 1. The van der Waals surface area contributed by atoms with E-state index in [1.165, 1.54) is 16.3 Å². The SMILES string of the molecule is COc1cccc(C#CC=CCN[C@H](C)c2cccc3ccccc23)c1. The summed E-state index contributed by atoms with van der Waals surface area (Å²) in [5.41, 5.74) is 2.27. The van der Waals surface area contributed by atoms with Crippen molar-refractivity contribution in [2.75, 3.05) is 13.7 Å². The molecular weight excluding hydrogens is 318 g/mol. The number of methoxy groups -OCH3 is 1. The molecule has 0 amide bonds. The second kappa shape index (κ2) is 8.89. The van der Waals surface area contributed by atoms with Crippen molar-refractivity contribution in [1.29, 1.82) is 0 Å². The fourth-order valence-corrected chi connectivity index (χ4v) is 2.93. The van der Waals surface area contributed by atoms with Crippen molar-refractivity contribution in [3.05, 3.63) is 90.0 Å². The van der Waals surface area contributed by atoms with Gasteiger partial charge in [0.25, 0.3) is 0 Å². The molecule has 1 atom stereocenters. The van der Waals surface area contributed by atoms with Gasteiger partial charge in [0.2, 0.25) is 0 Å². The molecule has 2 nitrogen and oxygen atoms in total. The molecule has 3 rings (SSSR count). The summed E-state index contributed by atoms with van der Waals surface area (Å²) in [5.74, 6) is 7.01. The third-order valence-corrected chi connectivity index (χ3v) is 4.32. The molecule has 0 radical (unpaired) electrons. The zero-order valence-corrected chi connectivity index (χ0v) is 15.2. The first kappa shape index (κ1) is 17.8. The summed E-state index contributed by atoms with van der Waals surface area (Å²) in [7, 11) is 1.66. The maximum atomic E-state index is 5.20. The maximum absolute atomic E-state index is 5.20. The minimum Gasteiger partial charge on any atom is -0.497 e. The van der Waals surface area contributed by atoms with E-state index in [0.717, 1.165) is 17.9 Å². The van der Waals surface area contributed by atoms with E-state index in [9.17, 15) is 0 Å². The summed E-state index contributed by atoms with van der Waals surface area (Å²) >= 11 is 0. The van der Waals surface area contributed by atoms with Crippen LogP contribution in [0.4, 0.5) is 0 Å². The summed E-state index contributed by atoms with van der Waals surface area (Å²) in [5, 5.41) is 6.11. The maximum Gasteiger partial charge on any atom is 0.120 e. The Morgan fingerprint density at radius 2 is 1.85 bits per heavy atom. The minimum absolute atomic E-state index is 0.275. The third-order valence-electron chi connectivity index (χ3n) is 4.32. The zero-order chi connectivity index (χ0) is 18.2. The molecule has 26 heavy (non-hydrogen) atoms. The molecule has 0 aromatic heterocycles. The summed E-state index contributed by atoms with van der Waals surface area (Å²) in [6.07, 6.45) is 3.94. The zero-order valence-electron chi connectivity index (χ0n) is 15.2. The lowest BCUT2D eigenvalue weighted by atomic mass is 10.00. The van der Waals surface area contributed by atoms with Crippen LogP contribution in [0.1, 0.15) is 24.1 Å². The predicted molar refractivity (Wildman–Crippen MR) is 109 cm³/mol. The van der Waals surface area contributed by atoms with Crippen LogP contribution in [-0.4, -0.2) is 13.7 Å². The normalized spacial score (nSPS) is 11.9. The molecule has 2 heteroatoms. The van der Waals surface area contributed by atoms with E-state index in [4.69, 9.17) is 4.74 Å². The van der Waals surface area contributed by atoms with Gasteiger partial charge < -0.3 is 10.1 Å². The number of hydrogen-bond donors (Lipinski definition) is 1. The summed E-state index contributed by atoms with van der Waals surface area (Å²) < 4.78 is 5.20. The fraction of sp³-hybridized carbons (Fsp3) is 0.167. The molecular formula is C24H23NO. The van der Waals surface area contributed by atoms with Crippen molar-refractivity contribution in [2.24, 2.45) is 0 Å². The van der Waals surface area contributed by atoms with Crippen LogP contribution in [0.2, 0.25) is 0 Å². The molecule has 0 saturated carbocycles. The Hall–Kier alpha value is -3.02. The van der Waals surface area contributed by atoms with Crippen LogP contribution in [0, 0.1) is 11.8 Å². The largest absolute Gasteiger partial charge is 0.497 e. The Kier molecular flexibility index (Phi) is 6.09. The van der Waals surface area contributed by atoms with Gasteiger partial charge in [-0.3, -0.25) is 0 Å². The van der Waals surface area contributed by atoms with Crippen LogP contribution in [0.15, 0.2) is 78.9 Å². The molecule has 1 N–H and O–H groups in total. The van der Waals surface area contributed by atoms with Crippen LogP contribution in [0.3, 0.4) is 0 Å². The smallest absolute Gasteiger partial charge is 0.120 e. The van der Waals surface area contributed by atoms with Crippen molar-refractivity contribution in [2.45, 2.75) is 13.0 Å². The molecule has 0 spiro atoms. The van der Waals surface area contributed by atoms with Crippen molar-refractivity contribution in [1.82, 2.24) is 5.32 Å². The summed E-state index contributed by atoms with van der Waals surface area (Å²) in [4.78, 5) is 0. The van der Waals surface area contributed by atoms with E-state index in [1.807, 2.05) is 30.3 Å². The van der Waals surface area contributed by atoms with E-state index in [1.54, 1.807) is 7.11 Å². The average molecular weight is 341 g/mol. The first-order valence-electron chi connectivity index (χ1n) is 8.79. The first-order valence-corrected chi connectivity index (χ1v) is 8.79. The van der Waals surface area contributed by atoms with Crippen molar-refractivity contribution in [3.63, 3.8) is 0 Å². The number of fused-ring (bicyclic) bond motifs is 1. The average Bonchev–Trinajstić information content (AvgIpc) is 2.70. The van der Waals surface area contributed by atoms with Crippen LogP contribution >= 0.6 is 0 Å². The minimum atomic E-state index is 0.275. The van der Waals surface area contributed by atoms with Gasteiger partial charge in [-0.25, -0.2) is 0 Å². The van der Waals surface area contributed by atoms with Crippen molar-refractivity contribution < 1.29 is 4.74 Å². The van der Waals surface area contributed by atoms with Crippen molar-refractivity contribution >= 4 is 10.8 Å². The Balaban J connectivity index is 1.57. The molecule has 3 aromatic carbocycles. The number of ether oxygens (including phenoxy) is 1. The van der Waals surface area contributed by atoms with E-state index < -0.39 is 0 Å². The molecule has 0 unspecified atom stereocenters. The number of nitrogens with one attached hydrogen (secondary N) is 1. The summed E-state index contributed by atoms with van der Waals surface area (Å²) in [6, 6.07) is 23.0. The Labute approximate surface area is 155 Å².